The van der Waals surface area contributed by atoms with E-state index in [0.29, 0.717) is 5.52 Å². The Hall–Kier alpha value is -2.83. The van der Waals surface area contributed by atoms with Gasteiger partial charge in [-0.1, -0.05) is 12.1 Å². The molecule has 1 aromatic carbocycles. The van der Waals surface area contributed by atoms with Crippen LogP contribution in [0.15, 0.2) is 52.6 Å². The van der Waals surface area contributed by atoms with E-state index in [9.17, 15) is 22.8 Å². The van der Waals surface area contributed by atoms with E-state index < -0.39 is 41.2 Å². The Morgan fingerprint density at radius 2 is 1.96 bits per heavy atom. The van der Waals surface area contributed by atoms with Crippen LogP contribution < -0.4 is 10.9 Å². The molecule has 3 atom stereocenters. The van der Waals surface area contributed by atoms with E-state index in [4.69, 9.17) is 0 Å². The molecular formula is C20H18F3N2O2. The second kappa shape index (κ2) is 7.42. The molecule has 27 heavy (non-hydrogen) atoms. The van der Waals surface area contributed by atoms with Gasteiger partial charge in [-0.2, -0.15) is 0 Å². The van der Waals surface area contributed by atoms with Gasteiger partial charge in [-0.05, 0) is 43.7 Å². The van der Waals surface area contributed by atoms with Gasteiger partial charge in [0.25, 0.3) is 5.56 Å². The lowest BCUT2D eigenvalue weighted by Crippen LogP contribution is -2.40. The number of hydrogen-bond acceptors (Lipinski definition) is 2. The number of halogens is 3. The maximum Gasteiger partial charge on any atom is 0.252 e. The monoisotopic (exact) mass is 375 g/mol. The normalized spacial score (nSPS) is 19.2. The number of alkyl halides is 1. The zero-order valence-electron chi connectivity index (χ0n) is 14.7. The first kappa shape index (κ1) is 18.9. The highest BCUT2D eigenvalue weighted by Crippen LogP contribution is 2.25. The van der Waals surface area contributed by atoms with Crippen molar-refractivity contribution in [2.24, 2.45) is 0 Å². The maximum atomic E-state index is 14.0. The molecular weight excluding hydrogens is 357 g/mol. The van der Waals surface area contributed by atoms with Crippen molar-refractivity contribution >= 4 is 16.8 Å². The third-order valence-corrected chi connectivity index (χ3v) is 4.64. The summed E-state index contributed by atoms with van der Waals surface area (Å²) < 4.78 is 41.0. The number of H-pyrrole nitrogens is 1. The Kier molecular flexibility index (Phi) is 5.21. The first-order valence-electron chi connectivity index (χ1n) is 8.46. The van der Waals surface area contributed by atoms with Crippen LogP contribution in [0, 0.1) is 12.2 Å². The SMILES string of the molecule is C[C@H](NC(=O)[C@@H](C)c1cc2c(F)cccc2[nH]c1=O)C1=CC=C(F)[CH]C1F. The molecule has 1 aliphatic rings. The minimum absolute atomic E-state index is 0.101. The van der Waals surface area contributed by atoms with Crippen molar-refractivity contribution < 1.29 is 18.0 Å². The van der Waals surface area contributed by atoms with Crippen molar-refractivity contribution in [3.8, 4) is 0 Å². The van der Waals surface area contributed by atoms with Crippen LogP contribution in [0.5, 0.6) is 0 Å². The molecule has 1 amide bonds. The zero-order valence-corrected chi connectivity index (χ0v) is 14.7. The Bertz CT molecular complexity index is 1010. The van der Waals surface area contributed by atoms with E-state index in [0.717, 1.165) is 12.5 Å². The number of aromatic nitrogens is 1. The fourth-order valence-electron chi connectivity index (χ4n) is 3.04. The van der Waals surface area contributed by atoms with Crippen LogP contribution >= 0.6 is 0 Å². The van der Waals surface area contributed by atoms with Crippen LogP contribution in [0.1, 0.15) is 25.3 Å². The topological polar surface area (TPSA) is 62.0 Å². The molecule has 1 aromatic heterocycles. The molecule has 0 aliphatic heterocycles. The van der Waals surface area contributed by atoms with Crippen LogP contribution in [0.3, 0.4) is 0 Å². The predicted octanol–water partition coefficient (Wildman–Crippen LogP) is 3.61. The Labute approximate surface area is 153 Å². The van der Waals surface area contributed by atoms with Gasteiger partial charge in [-0.15, -0.1) is 0 Å². The summed E-state index contributed by atoms with van der Waals surface area (Å²) >= 11 is 0. The molecule has 2 N–H and O–H groups in total. The zero-order chi connectivity index (χ0) is 19.7. The highest BCUT2D eigenvalue weighted by atomic mass is 19.1. The number of carbonyl (C=O) groups is 1. The molecule has 4 nitrogen and oxygen atoms in total. The van der Waals surface area contributed by atoms with Crippen LogP contribution in [0.25, 0.3) is 10.9 Å². The van der Waals surface area contributed by atoms with E-state index in [2.05, 4.69) is 10.3 Å². The van der Waals surface area contributed by atoms with Crippen LogP contribution in [-0.2, 0) is 4.79 Å². The maximum absolute atomic E-state index is 14.0. The first-order chi connectivity index (χ1) is 12.8. The Balaban J connectivity index is 1.83. The highest BCUT2D eigenvalue weighted by Gasteiger charge is 2.27. The fraction of sp³-hybridized carbons (Fsp3) is 0.250. The summed E-state index contributed by atoms with van der Waals surface area (Å²) in [5.74, 6) is -2.60. The number of nitrogens with one attached hydrogen (secondary N) is 2. The van der Waals surface area contributed by atoms with Gasteiger partial charge in [0.05, 0.1) is 23.9 Å². The van der Waals surface area contributed by atoms with Crippen molar-refractivity contribution in [3.63, 3.8) is 0 Å². The van der Waals surface area contributed by atoms with Gasteiger partial charge in [0.15, 0.2) is 0 Å². The number of fused-ring (bicyclic) bond motifs is 1. The van der Waals surface area contributed by atoms with E-state index in [1.54, 1.807) is 13.0 Å². The molecule has 0 bridgehead atoms. The average molecular weight is 375 g/mol. The summed E-state index contributed by atoms with van der Waals surface area (Å²) in [5, 5.41) is 2.82. The molecule has 1 unspecified atom stereocenters. The molecule has 141 valence electrons. The van der Waals surface area contributed by atoms with Crippen molar-refractivity contribution in [3.05, 3.63) is 76.0 Å². The smallest absolute Gasteiger partial charge is 0.252 e. The number of allylic oxidation sites excluding steroid dienone is 3. The fourth-order valence-corrected chi connectivity index (χ4v) is 3.04. The largest absolute Gasteiger partial charge is 0.349 e. The molecule has 1 heterocycles. The minimum Gasteiger partial charge on any atom is -0.349 e. The summed E-state index contributed by atoms with van der Waals surface area (Å²) in [5.41, 5.74) is 0.142. The number of benzene rings is 1. The third-order valence-electron chi connectivity index (χ3n) is 4.64. The molecule has 0 fully saturated rings. The number of carbonyl (C=O) groups excluding carboxylic acids is 1. The second-order valence-corrected chi connectivity index (χ2v) is 6.49. The van der Waals surface area contributed by atoms with E-state index in [1.165, 1.54) is 31.2 Å². The summed E-state index contributed by atoms with van der Waals surface area (Å²) in [7, 11) is 0. The van der Waals surface area contributed by atoms with Gasteiger partial charge < -0.3 is 10.3 Å². The van der Waals surface area contributed by atoms with Crippen LogP contribution in [0.4, 0.5) is 13.2 Å². The standard InChI is InChI=1S/C20H18F3N2O2/c1-10(14-9-15-16(22)4-3-5-18(15)25-20(14)27)19(26)24-11(2)13-7-6-12(21)8-17(13)23/h3-11,17H,1-2H3,(H,24,26)(H,25,27)/t10-,11-,17?/m0/s1. The van der Waals surface area contributed by atoms with Gasteiger partial charge >= 0.3 is 0 Å². The molecule has 2 aromatic rings. The molecule has 1 radical (unpaired) electrons. The molecule has 0 spiro atoms. The van der Waals surface area contributed by atoms with E-state index in [1.807, 2.05) is 0 Å². The number of amides is 1. The lowest BCUT2D eigenvalue weighted by molar-refractivity contribution is -0.122. The average Bonchev–Trinajstić information content (AvgIpc) is 2.60. The van der Waals surface area contributed by atoms with Crippen LogP contribution in [-0.4, -0.2) is 23.1 Å². The van der Waals surface area contributed by atoms with E-state index >= 15 is 0 Å². The minimum atomic E-state index is -1.64. The van der Waals surface area contributed by atoms with Gasteiger partial charge in [0.2, 0.25) is 5.91 Å². The van der Waals surface area contributed by atoms with Crippen molar-refractivity contribution in [1.82, 2.24) is 10.3 Å². The van der Waals surface area contributed by atoms with E-state index in [-0.39, 0.29) is 16.5 Å². The molecule has 0 saturated carbocycles. The third kappa shape index (κ3) is 3.82. The lowest BCUT2D eigenvalue weighted by atomic mass is 9.95. The quantitative estimate of drug-likeness (QED) is 0.858. The van der Waals surface area contributed by atoms with Gasteiger partial charge in [-0.3, -0.25) is 9.59 Å². The number of pyridine rings is 1. The first-order valence-corrected chi connectivity index (χ1v) is 8.46. The molecule has 1 aliphatic carbocycles. The van der Waals surface area contributed by atoms with Gasteiger partial charge in [0, 0.05) is 10.9 Å². The molecule has 3 rings (SSSR count). The summed E-state index contributed by atoms with van der Waals surface area (Å²) in [6.07, 6.45) is 1.58. The summed E-state index contributed by atoms with van der Waals surface area (Å²) in [6.45, 7) is 3.07. The number of rotatable bonds is 4. The lowest BCUT2D eigenvalue weighted by Gasteiger charge is -2.24. The summed E-state index contributed by atoms with van der Waals surface area (Å²) in [6, 6.07) is 4.95. The highest BCUT2D eigenvalue weighted by molar-refractivity contribution is 5.86. The predicted molar refractivity (Wildman–Crippen MR) is 97.0 cm³/mol. The second-order valence-electron chi connectivity index (χ2n) is 6.49. The molecule has 0 saturated heterocycles. The number of aromatic amines is 1. The Morgan fingerprint density at radius 1 is 1.22 bits per heavy atom. The van der Waals surface area contributed by atoms with Gasteiger partial charge in [-0.25, -0.2) is 13.2 Å². The van der Waals surface area contributed by atoms with Crippen molar-refractivity contribution in [2.45, 2.75) is 32.0 Å². The van der Waals surface area contributed by atoms with Crippen LogP contribution in [0.2, 0.25) is 0 Å². The number of hydrogen-bond donors (Lipinski definition) is 2. The van der Waals surface area contributed by atoms with Crippen molar-refractivity contribution in [2.75, 3.05) is 0 Å². The summed E-state index contributed by atoms with van der Waals surface area (Å²) in [4.78, 5) is 27.4. The molecule has 7 heteroatoms. The van der Waals surface area contributed by atoms with Crippen molar-refractivity contribution in [1.29, 1.82) is 0 Å². The Morgan fingerprint density at radius 3 is 2.67 bits per heavy atom. The van der Waals surface area contributed by atoms with Gasteiger partial charge in [0.1, 0.15) is 17.8 Å².